The summed E-state index contributed by atoms with van der Waals surface area (Å²) in [6.45, 7) is 10.6. The highest BCUT2D eigenvalue weighted by molar-refractivity contribution is 6.43. The topological polar surface area (TPSA) is 84.8 Å². The number of quaternary nitrogens is 1. The maximum Gasteiger partial charge on any atom is 0.361 e. The second-order valence-corrected chi connectivity index (χ2v) is 10.0. The fourth-order valence-corrected chi connectivity index (χ4v) is 4.98. The molecule has 2 heterocycles. The maximum atomic E-state index is 6.97. The smallest absolute Gasteiger partial charge is 0.361 e. The Morgan fingerprint density at radius 1 is 0.943 bits per heavy atom. The lowest BCUT2D eigenvalue weighted by Crippen LogP contribution is -2.56. The van der Waals surface area contributed by atoms with Crippen molar-refractivity contribution in [3.63, 3.8) is 0 Å². The van der Waals surface area contributed by atoms with Crippen LogP contribution in [0.25, 0.3) is 0 Å². The van der Waals surface area contributed by atoms with Crippen molar-refractivity contribution >= 4 is 17.8 Å². The van der Waals surface area contributed by atoms with E-state index in [9.17, 15) is 0 Å². The van der Waals surface area contributed by atoms with Crippen LogP contribution in [0.4, 0.5) is 0 Å². The first-order valence-corrected chi connectivity index (χ1v) is 13.8. The Morgan fingerprint density at radius 3 is 2.03 bits per heavy atom. The van der Waals surface area contributed by atoms with Crippen molar-refractivity contribution in [1.82, 2.24) is 4.90 Å². The lowest BCUT2D eigenvalue weighted by Gasteiger charge is -2.41. The van der Waals surface area contributed by atoms with E-state index in [2.05, 4.69) is 44.6 Å². The third-order valence-corrected chi connectivity index (χ3v) is 7.04. The molecule has 0 amide bonds. The van der Waals surface area contributed by atoms with Crippen LogP contribution in [-0.4, -0.2) is 73.5 Å². The minimum absolute atomic E-state index is 0.176. The highest BCUT2D eigenvalue weighted by Gasteiger charge is 2.44. The zero-order valence-corrected chi connectivity index (χ0v) is 23.5. The molecular weight excluding hydrogens is 440 g/mol. The van der Waals surface area contributed by atoms with E-state index in [1.54, 1.807) is 14.2 Å². The van der Waals surface area contributed by atoms with E-state index in [-0.39, 0.29) is 6.17 Å². The van der Waals surface area contributed by atoms with Crippen LogP contribution in [0.5, 0.6) is 0 Å². The highest BCUT2D eigenvalue weighted by Crippen LogP contribution is 2.35. The molecule has 2 aliphatic rings. The monoisotopic (exact) mass is 491 g/mol. The molecule has 2 rings (SSSR count). The van der Waals surface area contributed by atoms with E-state index in [1.807, 2.05) is 6.34 Å². The average molecular weight is 492 g/mol. The van der Waals surface area contributed by atoms with Crippen molar-refractivity contribution in [3.8, 4) is 0 Å². The predicted octanol–water partition coefficient (Wildman–Crippen LogP) is 5.40. The summed E-state index contributed by atoms with van der Waals surface area (Å²) in [5.74, 6) is 0.662. The number of nitrogens with two attached hydrogens (primary N) is 1. The Hall–Kier alpha value is -1.77. The fourth-order valence-electron chi connectivity index (χ4n) is 4.98. The van der Waals surface area contributed by atoms with Gasteiger partial charge in [0.25, 0.3) is 0 Å². The Labute approximate surface area is 214 Å². The Morgan fingerprint density at radius 2 is 1.54 bits per heavy atom. The van der Waals surface area contributed by atoms with E-state index in [0.717, 1.165) is 83.7 Å². The Bertz CT molecular complexity index is 767. The molecule has 0 aromatic heterocycles. The van der Waals surface area contributed by atoms with Gasteiger partial charge >= 0.3 is 11.8 Å². The van der Waals surface area contributed by atoms with E-state index in [4.69, 9.17) is 25.2 Å². The van der Waals surface area contributed by atoms with Gasteiger partial charge in [0.1, 0.15) is 0 Å². The molecule has 0 radical (unpaired) electrons. The van der Waals surface area contributed by atoms with Gasteiger partial charge < -0.3 is 15.2 Å². The minimum atomic E-state index is -0.577. The van der Waals surface area contributed by atoms with Gasteiger partial charge in [-0.3, -0.25) is 0 Å². The third-order valence-electron chi connectivity index (χ3n) is 7.04. The number of nitrogens with zero attached hydrogens (tertiary/aromatic N) is 5. The third kappa shape index (κ3) is 7.14. The summed E-state index contributed by atoms with van der Waals surface area (Å²) in [6, 6.07) is 0. The quantitative estimate of drug-likeness (QED) is 0.205. The van der Waals surface area contributed by atoms with Crippen LogP contribution in [-0.2, 0) is 9.47 Å². The van der Waals surface area contributed by atoms with Crippen molar-refractivity contribution < 1.29 is 14.0 Å². The van der Waals surface area contributed by atoms with E-state index in [1.165, 1.54) is 11.4 Å². The van der Waals surface area contributed by atoms with Crippen LogP contribution in [0.1, 0.15) is 98.3 Å². The number of unbranched alkanes of at least 4 members (excludes halogenated alkanes) is 3. The van der Waals surface area contributed by atoms with Gasteiger partial charge in [0.15, 0.2) is 0 Å². The molecule has 2 atom stereocenters. The van der Waals surface area contributed by atoms with E-state index in [0.29, 0.717) is 16.2 Å². The Balaban J connectivity index is 2.34. The van der Waals surface area contributed by atoms with Crippen molar-refractivity contribution in [1.29, 1.82) is 0 Å². The van der Waals surface area contributed by atoms with Crippen molar-refractivity contribution in [2.24, 2.45) is 20.7 Å². The van der Waals surface area contributed by atoms with Crippen LogP contribution in [0.3, 0.4) is 0 Å². The number of rotatable bonds is 18. The number of ether oxygens (including phenoxy) is 2. The van der Waals surface area contributed by atoms with Crippen LogP contribution < -0.4 is 5.73 Å². The summed E-state index contributed by atoms with van der Waals surface area (Å²) in [7, 11) is 5.37. The zero-order chi connectivity index (χ0) is 25.9. The van der Waals surface area contributed by atoms with Gasteiger partial charge in [0.05, 0.1) is 45.4 Å². The normalized spacial score (nSPS) is 22.1. The first kappa shape index (κ1) is 29.5. The molecule has 0 fully saturated rings. The summed E-state index contributed by atoms with van der Waals surface area (Å²) < 4.78 is 11.5. The molecule has 0 aromatic carbocycles. The standard InChI is InChI=1S/C27H51N6O2/c1-8-12-15-22-23(16-13-9-2)31-27(30-22,18-14-10-3)32(19-11-4)24(28)17-20-33(5)21-29-25(34-6)26(33)35-7/h21,24H,8-20,28H2,1-7H3/q+1. The molecule has 0 saturated heterocycles. The van der Waals surface area contributed by atoms with Gasteiger partial charge in [-0.2, -0.15) is 4.99 Å². The lowest BCUT2D eigenvalue weighted by atomic mass is 10.0. The molecular formula is C27H51N6O2+. The molecule has 2 aliphatic heterocycles. The van der Waals surface area contributed by atoms with Gasteiger partial charge in [-0.1, -0.05) is 47.0 Å². The molecule has 8 heteroatoms. The molecule has 0 bridgehead atoms. The number of methoxy groups -OCH3 is 2. The average Bonchev–Trinajstić information content (AvgIpc) is 3.39. The SMILES string of the molecule is CCCCC1=NC(CCCC)(N(CCC)C(N)CC[N+]2(C)C=NC(OC)=C2OC)N=C1CCCC. The van der Waals surface area contributed by atoms with Gasteiger partial charge in [-0.05, 0) is 38.5 Å². The van der Waals surface area contributed by atoms with Crippen LogP contribution in [0.2, 0.25) is 0 Å². The summed E-state index contributed by atoms with van der Waals surface area (Å²) >= 11 is 0. The molecule has 8 nitrogen and oxygen atoms in total. The summed E-state index contributed by atoms with van der Waals surface area (Å²) in [5, 5.41) is 0. The van der Waals surface area contributed by atoms with Crippen LogP contribution in [0.15, 0.2) is 26.7 Å². The molecule has 2 unspecified atom stereocenters. The Kier molecular flexibility index (Phi) is 11.9. The first-order valence-electron chi connectivity index (χ1n) is 13.8. The van der Waals surface area contributed by atoms with Gasteiger partial charge in [0.2, 0.25) is 12.1 Å². The van der Waals surface area contributed by atoms with E-state index < -0.39 is 5.79 Å². The first-order chi connectivity index (χ1) is 16.8. The maximum absolute atomic E-state index is 6.97. The molecule has 2 N–H and O–H groups in total. The molecule has 0 saturated carbocycles. The lowest BCUT2D eigenvalue weighted by molar-refractivity contribution is -0.790. The van der Waals surface area contributed by atoms with E-state index >= 15 is 0 Å². The summed E-state index contributed by atoms with van der Waals surface area (Å²) in [4.78, 5) is 17.6. The van der Waals surface area contributed by atoms with Crippen LogP contribution >= 0.6 is 0 Å². The fraction of sp³-hybridized carbons (Fsp3) is 0.815. The van der Waals surface area contributed by atoms with Crippen LogP contribution in [0, 0.1) is 0 Å². The number of aliphatic imine (C=N–C) groups is 3. The molecule has 0 spiro atoms. The molecule has 0 aliphatic carbocycles. The molecule has 0 aromatic rings. The van der Waals surface area contributed by atoms with Gasteiger partial charge in [-0.15, -0.1) is 0 Å². The van der Waals surface area contributed by atoms with Gasteiger partial charge in [0, 0.05) is 19.4 Å². The van der Waals surface area contributed by atoms with Crippen molar-refractivity contribution in [2.45, 2.75) is 110 Å². The number of hydrogen-bond donors (Lipinski definition) is 1. The zero-order valence-electron chi connectivity index (χ0n) is 23.5. The summed E-state index contributed by atoms with van der Waals surface area (Å²) in [6.07, 6.45) is 13.2. The minimum Gasteiger partial charge on any atom is -0.474 e. The molecule has 200 valence electrons. The second kappa shape index (κ2) is 14.1. The van der Waals surface area contributed by atoms with Crippen molar-refractivity contribution in [2.75, 3.05) is 34.4 Å². The van der Waals surface area contributed by atoms with Gasteiger partial charge in [-0.25, -0.2) is 19.4 Å². The predicted molar refractivity (Wildman–Crippen MR) is 146 cm³/mol. The largest absolute Gasteiger partial charge is 0.474 e. The highest BCUT2D eigenvalue weighted by atomic mass is 16.5. The number of hydrogen-bond acceptors (Lipinski definition) is 7. The van der Waals surface area contributed by atoms with Crippen molar-refractivity contribution in [3.05, 3.63) is 11.8 Å². The molecule has 35 heavy (non-hydrogen) atoms. The second-order valence-electron chi connectivity index (χ2n) is 10.0. The summed E-state index contributed by atoms with van der Waals surface area (Å²) in [5.41, 5.74) is 9.39.